The standard InChI is InChI=1S/C25H31N3O5/c1-18-7-4-5-8-21(18)33-12-6-9-28-24(17-27-10-13-32-14-11-27)26-20-16-23(31-3)22(30-2)15-19(20)25(28)29/h4-5,7-8,15-16H,6,9-14,17H2,1-3H3. The molecule has 33 heavy (non-hydrogen) atoms. The van der Waals surface area contributed by atoms with E-state index in [9.17, 15) is 4.79 Å². The van der Waals surface area contributed by atoms with Crippen molar-refractivity contribution in [2.24, 2.45) is 0 Å². The molecule has 0 radical (unpaired) electrons. The number of aryl methyl sites for hydroxylation is 1. The maximum atomic E-state index is 13.5. The van der Waals surface area contributed by atoms with Crippen molar-refractivity contribution in [3.05, 3.63) is 58.1 Å². The van der Waals surface area contributed by atoms with Gasteiger partial charge in [-0.2, -0.15) is 0 Å². The number of fused-ring (bicyclic) bond motifs is 1. The molecule has 1 aliphatic heterocycles. The Balaban J connectivity index is 1.62. The minimum Gasteiger partial charge on any atom is -0.493 e. The van der Waals surface area contributed by atoms with Crippen molar-refractivity contribution in [1.82, 2.24) is 14.5 Å². The third-order valence-corrected chi connectivity index (χ3v) is 5.88. The molecule has 2 heterocycles. The van der Waals surface area contributed by atoms with Crippen LogP contribution >= 0.6 is 0 Å². The second-order valence-corrected chi connectivity index (χ2v) is 8.07. The van der Waals surface area contributed by atoms with Crippen LogP contribution in [0.4, 0.5) is 0 Å². The Morgan fingerprint density at radius 2 is 1.76 bits per heavy atom. The van der Waals surface area contributed by atoms with Gasteiger partial charge >= 0.3 is 0 Å². The van der Waals surface area contributed by atoms with Gasteiger partial charge in [-0.25, -0.2) is 4.98 Å². The van der Waals surface area contributed by atoms with E-state index in [0.717, 1.165) is 30.2 Å². The van der Waals surface area contributed by atoms with E-state index in [1.54, 1.807) is 30.9 Å². The highest BCUT2D eigenvalue weighted by atomic mass is 16.5. The summed E-state index contributed by atoms with van der Waals surface area (Å²) in [6.45, 7) is 6.64. The summed E-state index contributed by atoms with van der Waals surface area (Å²) in [5.74, 6) is 2.67. The number of methoxy groups -OCH3 is 2. The Morgan fingerprint density at radius 1 is 1.03 bits per heavy atom. The van der Waals surface area contributed by atoms with Crippen molar-refractivity contribution in [3.63, 3.8) is 0 Å². The van der Waals surface area contributed by atoms with Gasteiger partial charge in [-0.1, -0.05) is 18.2 Å². The van der Waals surface area contributed by atoms with E-state index in [0.29, 0.717) is 61.7 Å². The zero-order chi connectivity index (χ0) is 23.2. The Morgan fingerprint density at radius 3 is 2.48 bits per heavy atom. The molecule has 0 unspecified atom stereocenters. The van der Waals surface area contributed by atoms with Gasteiger partial charge in [-0.05, 0) is 31.0 Å². The predicted octanol–water partition coefficient (Wildman–Crippen LogP) is 3.02. The summed E-state index contributed by atoms with van der Waals surface area (Å²) < 4.78 is 24.0. The first kappa shape index (κ1) is 23.1. The number of hydrogen-bond donors (Lipinski definition) is 0. The Labute approximate surface area is 193 Å². The van der Waals surface area contributed by atoms with E-state index in [4.69, 9.17) is 23.9 Å². The van der Waals surface area contributed by atoms with Crippen molar-refractivity contribution >= 4 is 10.9 Å². The van der Waals surface area contributed by atoms with E-state index in [2.05, 4.69) is 4.90 Å². The molecule has 0 spiro atoms. The van der Waals surface area contributed by atoms with Gasteiger partial charge in [0.2, 0.25) is 0 Å². The first-order chi connectivity index (χ1) is 16.1. The smallest absolute Gasteiger partial charge is 0.261 e. The average molecular weight is 454 g/mol. The van der Waals surface area contributed by atoms with Crippen LogP contribution < -0.4 is 19.8 Å². The number of para-hydroxylation sites is 1. The third kappa shape index (κ3) is 5.29. The van der Waals surface area contributed by atoms with Gasteiger partial charge in [0, 0.05) is 25.7 Å². The van der Waals surface area contributed by atoms with E-state index in [1.165, 1.54) is 0 Å². The zero-order valence-corrected chi connectivity index (χ0v) is 19.5. The molecule has 176 valence electrons. The lowest BCUT2D eigenvalue weighted by Crippen LogP contribution is -2.38. The van der Waals surface area contributed by atoms with E-state index in [-0.39, 0.29) is 5.56 Å². The first-order valence-electron chi connectivity index (χ1n) is 11.2. The summed E-state index contributed by atoms with van der Waals surface area (Å²) in [6.07, 6.45) is 0.685. The van der Waals surface area contributed by atoms with Crippen LogP contribution in [0.3, 0.4) is 0 Å². The van der Waals surface area contributed by atoms with Crippen LogP contribution in [-0.2, 0) is 17.8 Å². The largest absolute Gasteiger partial charge is 0.493 e. The monoisotopic (exact) mass is 453 g/mol. The summed E-state index contributed by atoms with van der Waals surface area (Å²) in [5, 5.41) is 0.512. The van der Waals surface area contributed by atoms with Crippen LogP contribution in [0.15, 0.2) is 41.2 Å². The molecule has 1 aromatic heterocycles. The molecule has 0 N–H and O–H groups in total. The minimum absolute atomic E-state index is 0.0832. The maximum absolute atomic E-state index is 13.5. The lowest BCUT2D eigenvalue weighted by Gasteiger charge is -2.27. The molecule has 8 nitrogen and oxygen atoms in total. The number of aromatic nitrogens is 2. The number of nitrogens with zero attached hydrogens (tertiary/aromatic N) is 3. The third-order valence-electron chi connectivity index (χ3n) is 5.88. The van der Waals surface area contributed by atoms with E-state index >= 15 is 0 Å². The molecule has 0 saturated carbocycles. The van der Waals surface area contributed by atoms with Crippen molar-refractivity contribution in [1.29, 1.82) is 0 Å². The lowest BCUT2D eigenvalue weighted by atomic mass is 10.2. The van der Waals surface area contributed by atoms with Crippen LogP contribution in [0.5, 0.6) is 17.2 Å². The van der Waals surface area contributed by atoms with Crippen LogP contribution in [0.2, 0.25) is 0 Å². The second kappa shape index (κ2) is 10.7. The molecule has 3 aromatic rings. The number of benzene rings is 2. The molecule has 1 fully saturated rings. The normalized spacial score (nSPS) is 14.4. The van der Waals surface area contributed by atoms with E-state index < -0.39 is 0 Å². The molecule has 0 bridgehead atoms. The molecule has 1 saturated heterocycles. The summed E-state index contributed by atoms with van der Waals surface area (Å²) in [4.78, 5) is 20.7. The number of morpholine rings is 1. The van der Waals surface area contributed by atoms with Gasteiger partial charge < -0.3 is 18.9 Å². The second-order valence-electron chi connectivity index (χ2n) is 8.07. The van der Waals surface area contributed by atoms with Crippen LogP contribution in [-0.4, -0.2) is 61.6 Å². The predicted molar refractivity (Wildman–Crippen MR) is 126 cm³/mol. The molecule has 4 rings (SSSR count). The van der Waals surface area contributed by atoms with Crippen LogP contribution in [0, 0.1) is 6.92 Å². The lowest BCUT2D eigenvalue weighted by molar-refractivity contribution is 0.0324. The topological polar surface area (TPSA) is 75.0 Å². The summed E-state index contributed by atoms with van der Waals surface area (Å²) in [6, 6.07) is 11.4. The molecule has 8 heteroatoms. The van der Waals surface area contributed by atoms with Crippen molar-refractivity contribution in [3.8, 4) is 17.2 Å². The first-order valence-corrected chi connectivity index (χ1v) is 11.2. The van der Waals surface area contributed by atoms with Gasteiger partial charge in [0.15, 0.2) is 11.5 Å². The highest BCUT2D eigenvalue weighted by Crippen LogP contribution is 2.30. The Kier molecular flexibility index (Phi) is 7.47. The fourth-order valence-electron chi connectivity index (χ4n) is 4.03. The molecular formula is C25H31N3O5. The van der Waals surface area contributed by atoms with Gasteiger partial charge in [0.05, 0.1) is 51.5 Å². The Hall–Kier alpha value is -3.10. The minimum atomic E-state index is -0.0832. The quantitative estimate of drug-likeness (QED) is 0.461. The molecule has 0 aliphatic carbocycles. The van der Waals surface area contributed by atoms with Gasteiger partial charge in [0.25, 0.3) is 5.56 Å². The van der Waals surface area contributed by atoms with Crippen LogP contribution in [0.1, 0.15) is 17.8 Å². The van der Waals surface area contributed by atoms with Gasteiger partial charge in [-0.3, -0.25) is 14.3 Å². The summed E-state index contributed by atoms with van der Waals surface area (Å²) in [5.41, 5.74) is 1.62. The SMILES string of the molecule is COc1cc2nc(CN3CCOCC3)n(CCCOc3ccccc3C)c(=O)c2cc1OC. The van der Waals surface area contributed by atoms with Crippen molar-refractivity contribution < 1.29 is 18.9 Å². The Bertz CT molecular complexity index is 1150. The highest BCUT2D eigenvalue weighted by molar-refractivity contribution is 5.82. The number of ether oxygens (including phenoxy) is 4. The fraction of sp³-hybridized carbons (Fsp3) is 0.440. The molecular weight excluding hydrogens is 422 g/mol. The highest BCUT2D eigenvalue weighted by Gasteiger charge is 2.18. The molecule has 0 amide bonds. The molecule has 1 aliphatic rings. The molecule has 2 aromatic carbocycles. The number of hydrogen-bond acceptors (Lipinski definition) is 7. The summed E-state index contributed by atoms with van der Waals surface area (Å²) >= 11 is 0. The van der Waals surface area contributed by atoms with Crippen molar-refractivity contribution in [2.75, 3.05) is 47.1 Å². The van der Waals surface area contributed by atoms with Gasteiger partial charge in [0.1, 0.15) is 11.6 Å². The average Bonchev–Trinajstić information content (AvgIpc) is 2.84. The zero-order valence-electron chi connectivity index (χ0n) is 19.5. The van der Waals surface area contributed by atoms with Crippen LogP contribution in [0.25, 0.3) is 10.9 Å². The number of rotatable bonds is 9. The van der Waals surface area contributed by atoms with Gasteiger partial charge in [-0.15, -0.1) is 0 Å². The summed E-state index contributed by atoms with van der Waals surface area (Å²) in [7, 11) is 3.14. The molecule has 0 atom stereocenters. The van der Waals surface area contributed by atoms with Crippen molar-refractivity contribution in [2.45, 2.75) is 26.4 Å². The van der Waals surface area contributed by atoms with E-state index in [1.807, 2.05) is 31.2 Å². The fourth-order valence-corrected chi connectivity index (χ4v) is 4.03. The maximum Gasteiger partial charge on any atom is 0.261 e.